The Balaban J connectivity index is 2.71. The van der Waals surface area contributed by atoms with Crippen molar-refractivity contribution in [3.8, 4) is 0 Å². The van der Waals surface area contributed by atoms with Crippen molar-refractivity contribution in [1.29, 1.82) is 0 Å². The molecule has 1 N–H and O–H groups in total. The van der Waals surface area contributed by atoms with Gasteiger partial charge in [-0.3, -0.25) is 0 Å². The third-order valence-corrected chi connectivity index (χ3v) is 3.08. The molecule has 0 heterocycles. The molecular formula is C11H10BBrO2. The average Bonchev–Trinajstić information content (AvgIpc) is 2.28. The Morgan fingerprint density at radius 2 is 1.80 bits per heavy atom. The van der Waals surface area contributed by atoms with Gasteiger partial charge in [-0.05, 0) is 22.3 Å². The quantitative estimate of drug-likeness (QED) is 0.841. The van der Waals surface area contributed by atoms with Gasteiger partial charge in [-0.25, -0.2) is 0 Å². The van der Waals surface area contributed by atoms with Gasteiger partial charge in [0.1, 0.15) is 0 Å². The summed E-state index contributed by atoms with van der Waals surface area (Å²) in [6, 6.07) is 11.7. The normalized spacial score (nSPS) is 10.6. The summed E-state index contributed by atoms with van der Waals surface area (Å²) in [6.45, 7) is 0. The molecule has 0 fully saturated rings. The van der Waals surface area contributed by atoms with Crippen molar-refractivity contribution in [3.63, 3.8) is 0 Å². The first-order chi connectivity index (χ1) is 7.24. The highest BCUT2D eigenvalue weighted by Crippen LogP contribution is 2.22. The largest absolute Gasteiger partial charge is 0.491 e. The Labute approximate surface area is 97.1 Å². The lowest BCUT2D eigenvalue weighted by Gasteiger charge is -2.08. The Morgan fingerprint density at radius 1 is 1.13 bits per heavy atom. The minimum atomic E-state index is -0.872. The van der Waals surface area contributed by atoms with Crippen molar-refractivity contribution in [1.82, 2.24) is 0 Å². The fourth-order valence-corrected chi connectivity index (χ4v) is 2.14. The van der Waals surface area contributed by atoms with Crippen LogP contribution in [-0.2, 0) is 4.65 Å². The maximum atomic E-state index is 9.68. The minimum Gasteiger partial charge on any atom is -0.423 e. The summed E-state index contributed by atoms with van der Waals surface area (Å²) < 4.78 is 5.94. The summed E-state index contributed by atoms with van der Waals surface area (Å²) in [6.07, 6.45) is 0. The van der Waals surface area contributed by atoms with Gasteiger partial charge in [0.2, 0.25) is 0 Å². The highest BCUT2D eigenvalue weighted by atomic mass is 79.9. The Morgan fingerprint density at radius 3 is 2.53 bits per heavy atom. The van der Waals surface area contributed by atoms with Crippen molar-refractivity contribution in [3.05, 3.63) is 40.9 Å². The van der Waals surface area contributed by atoms with E-state index in [1.54, 1.807) is 0 Å². The molecule has 2 nitrogen and oxygen atoms in total. The van der Waals surface area contributed by atoms with E-state index in [0.717, 1.165) is 20.7 Å². The lowest BCUT2D eigenvalue weighted by Crippen LogP contribution is -2.32. The highest BCUT2D eigenvalue weighted by Gasteiger charge is 2.17. The van der Waals surface area contributed by atoms with E-state index < -0.39 is 7.12 Å². The van der Waals surface area contributed by atoms with Gasteiger partial charge in [-0.15, -0.1) is 0 Å². The minimum absolute atomic E-state index is 0.788. The second kappa shape index (κ2) is 4.35. The van der Waals surface area contributed by atoms with Gasteiger partial charge in [-0.1, -0.05) is 46.3 Å². The summed E-state index contributed by atoms with van der Waals surface area (Å²) >= 11 is 3.48. The van der Waals surface area contributed by atoms with Crippen LogP contribution in [0.5, 0.6) is 0 Å². The van der Waals surface area contributed by atoms with Crippen LogP contribution in [0.2, 0.25) is 0 Å². The van der Waals surface area contributed by atoms with Gasteiger partial charge in [-0.2, -0.15) is 0 Å². The van der Waals surface area contributed by atoms with E-state index in [1.807, 2.05) is 36.4 Å². The molecule has 0 atom stereocenters. The van der Waals surface area contributed by atoms with Crippen LogP contribution < -0.4 is 5.46 Å². The molecule has 2 aromatic carbocycles. The third kappa shape index (κ3) is 1.93. The van der Waals surface area contributed by atoms with Crippen LogP contribution in [0, 0.1) is 0 Å². The molecule has 0 saturated heterocycles. The molecular weight excluding hydrogens is 255 g/mol. The molecule has 15 heavy (non-hydrogen) atoms. The fourth-order valence-electron chi connectivity index (χ4n) is 1.64. The highest BCUT2D eigenvalue weighted by molar-refractivity contribution is 9.10. The molecule has 76 valence electrons. The number of halogens is 1. The average molecular weight is 265 g/mol. The van der Waals surface area contributed by atoms with Gasteiger partial charge >= 0.3 is 7.12 Å². The SMILES string of the molecule is COB(O)c1cccc2c(Br)cccc12. The summed E-state index contributed by atoms with van der Waals surface area (Å²) in [5, 5.41) is 11.8. The van der Waals surface area contributed by atoms with Gasteiger partial charge in [0.15, 0.2) is 0 Å². The lowest BCUT2D eigenvalue weighted by molar-refractivity contribution is 0.342. The third-order valence-electron chi connectivity index (χ3n) is 2.39. The number of hydrogen-bond acceptors (Lipinski definition) is 2. The molecule has 0 bridgehead atoms. The smallest absolute Gasteiger partial charge is 0.423 e. The first-order valence-electron chi connectivity index (χ1n) is 4.62. The van der Waals surface area contributed by atoms with Crippen molar-refractivity contribution < 1.29 is 9.68 Å². The summed E-state index contributed by atoms with van der Waals surface area (Å²) in [5.74, 6) is 0. The molecule has 0 aliphatic carbocycles. The Hall–Kier alpha value is -0.835. The van der Waals surface area contributed by atoms with E-state index in [1.165, 1.54) is 7.11 Å². The number of rotatable bonds is 2. The summed E-state index contributed by atoms with van der Waals surface area (Å²) in [7, 11) is 0.615. The summed E-state index contributed by atoms with van der Waals surface area (Å²) in [5.41, 5.74) is 0.788. The van der Waals surface area contributed by atoms with Crippen LogP contribution in [0.25, 0.3) is 10.8 Å². The molecule has 2 aromatic rings. The Bertz CT molecular complexity index is 487. The maximum absolute atomic E-state index is 9.68. The molecule has 0 unspecified atom stereocenters. The van der Waals surface area contributed by atoms with Crippen LogP contribution in [0.15, 0.2) is 40.9 Å². The number of benzene rings is 2. The number of hydrogen-bond donors (Lipinski definition) is 1. The van der Waals surface area contributed by atoms with Crippen molar-refractivity contribution in [2.75, 3.05) is 7.11 Å². The maximum Gasteiger partial charge on any atom is 0.491 e. The van der Waals surface area contributed by atoms with Crippen LogP contribution in [0.1, 0.15) is 0 Å². The van der Waals surface area contributed by atoms with E-state index in [0.29, 0.717) is 0 Å². The van der Waals surface area contributed by atoms with Crippen LogP contribution in [0.3, 0.4) is 0 Å². The van der Waals surface area contributed by atoms with E-state index in [4.69, 9.17) is 4.65 Å². The molecule has 0 aliphatic heterocycles. The van der Waals surface area contributed by atoms with Crippen molar-refractivity contribution in [2.24, 2.45) is 0 Å². The molecule has 0 saturated carbocycles. The predicted octanol–water partition coefficient (Wildman–Crippen LogP) is 1.94. The zero-order valence-corrected chi connectivity index (χ0v) is 9.86. The standard InChI is InChI=1S/C11H10BBrO2/c1-15-12(14)10-6-2-5-9-8(10)4-3-7-11(9)13/h2-7,14H,1H3. The van der Waals surface area contributed by atoms with Crippen LogP contribution in [0.4, 0.5) is 0 Å². The molecule has 0 spiro atoms. The van der Waals surface area contributed by atoms with Gasteiger partial charge < -0.3 is 9.68 Å². The van der Waals surface area contributed by atoms with Gasteiger partial charge in [0.25, 0.3) is 0 Å². The molecule has 4 heteroatoms. The van der Waals surface area contributed by atoms with E-state index in [9.17, 15) is 5.02 Å². The van der Waals surface area contributed by atoms with E-state index in [-0.39, 0.29) is 0 Å². The van der Waals surface area contributed by atoms with E-state index >= 15 is 0 Å². The lowest BCUT2D eigenvalue weighted by atomic mass is 9.76. The second-order valence-corrected chi connectivity index (χ2v) is 4.12. The second-order valence-electron chi connectivity index (χ2n) is 3.27. The molecule has 2 rings (SSSR count). The number of fused-ring (bicyclic) bond motifs is 1. The van der Waals surface area contributed by atoms with Gasteiger partial charge in [0, 0.05) is 11.6 Å². The van der Waals surface area contributed by atoms with Crippen molar-refractivity contribution in [2.45, 2.75) is 0 Å². The molecule has 0 radical (unpaired) electrons. The van der Waals surface area contributed by atoms with Gasteiger partial charge in [0.05, 0.1) is 0 Å². The topological polar surface area (TPSA) is 29.5 Å². The van der Waals surface area contributed by atoms with E-state index in [2.05, 4.69) is 15.9 Å². The van der Waals surface area contributed by atoms with Crippen LogP contribution in [-0.4, -0.2) is 19.3 Å². The van der Waals surface area contributed by atoms with Crippen LogP contribution >= 0.6 is 15.9 Å². The first kappa shape index (κ1) is 10.7. The molecule has 0 aliphatic rings. The van der Waals surface area contributed by atoms with Crippen molar-refractivity contribution >= 4 is 39.3 Å². The molecule has 0 amide bonds. The first-order valence-corrected chi connectivity index (χ1v) is 5.41. The Kier molecular flexibility index (Phi) is 3.10. The molecule has 0 aromatic heterocycles. The zero-order chi connectivity index (χ0) is 10.8. The zero-order valence-electron chi connectivity index (χ0n) is 8.27. The summed E-state index contributed by atoms with van der Waals surface area (Å²) in [4.78, 5) is 0. The fraction of sp³-hybridized carbons (Fsp3) is 0.0909. The predicted molar refractivity (Wildman–Crippen MR) is 66.3 cm³/mol. The monoisotopic (exact) mass is 264 g/mol.